The van der Waals surface area contributed by atoms with Gasteiger partial charge in [0.05, 0.1) is 31.6 Å². The lowest BCUT2D eigenvalue weighted by Gasteiger charge is -2.47. The van der Waals surface area contributed by atoms with Crippen LogP contribution >= 0.6 is 0 Å². The summed E-state index contributed by atoms with van der Waals surface area (Å²) in [6, 6.07) is 10.9. The van der Waals surface area contributed by atoms with Crippen molar-refractivity contribution in [1.82, 2.24) is 0 Å². The zero-order chi connectivity index (χ0) is 13.2. The Bertz CT molecular complexity index is 402. The van der Waals surface area contributed by atoms with E-state index in [0.29, 0.717) is 6.04 Å². The monoisotopic (exact) mass is 246 g/mol. The molecule has 2 rings (SSSR count). The third-order valence-corrected chi connectivity index (χ3v) is 4.96. The van der Waals surface area contributed by atoms with Crippen molar-refractivity contribution in [2.24, 2.45) is 0 Å². The SMILES string of the molecule is CC(C)[N+]1(C)CCC(C=O)(c2ccccc2)CC1. The first-order valence-electron chi connectivity index (χ1n) is 6.88. The van der Waals surface area contributed by atoms with Crippen LogP contribution in [0.3, 0.4) is 0 Å². The standard InChI is InChI=1S/C16H24NO/c1-14(2)17(3)11-9-16(13-18,10-12-17)15-7-5-4-6-8-15/h4-8,13-14H,9-12H2,1-3H3/q+1. The van der Waals surface area contributed by atoms with Crippen LogP contribution in [-0.2, 0) is 10.2 Å². The number of hydrogen-bond acceptors (Lipinski definition) is 1. The van der Waals surface area contributed by atoms with Gasteiger partial charge in [0.25, 0.3) is 0 Å². The molecular formula is C16H24NO+. The van der Waals surface area contributed by atoms with E-state index in [1.165, 1.54) is 11.8 Å². The lowest BCUT2D eigenvalue weighted by atomic mass is 9.73. The van der Waals surface area contributed by atoms with Gasteiger partial charge in [0, 0.05) is 12.8 Å². The van der Waals surface area contributed by atoms with Crippen molar-refractivity contribution in [3.8, 4) is 0 Å². The van der Waals surface area contributed by atoms with Gasteiger partial charge < -0.3 is 9.28 Å². The third kappa shape index (κ3) is 2.22. The Morgan fingerprint density at radius 3 is 2.17 bits per heavy atom. The van der Waals surface area contributed by atoms with Gasteiger partial charge in [-0.25, -0.2) is 0 Å². The van der Waals surface area contributed by atoms with Crippen LogP contribution in [-0.4, -0.2) is 36.9 Å². The molecule has 1 aromatic rings. The van der Waals surface area contributed by atoms with Crippen LogP contribution < -0.4 is 0 Å². The predicted octanol–water partition coefficient (Wildman–Crippen LogP) is 2.77. The van der Waals surface area contributed by atoms with E-state index in [1.807, 2.05) is 18.2 Å². The quantitative estimate of drug-likeness (QED) is 0.592. The molecule has 1 aliphatic rings. The van der Waals surface area contributed by atoms with Gasteiger partial charge >= 0.3 is 0 Å². The number of carbonyl (C=O) groups excluding carboxylic acids is 1. The molecule has 0 N–H and O–H groups in total. The van der Waals surface area contributed by atoms with Gasteiger partial charge in [-0.1, -0.05) is 30.3 Å². The first-order chi connectivity index (χ1) is 8.52. The van der Waals surface area contributed by atoms with E-state index in [2.05, 4.69) is 33.0 Å². The van der Waals surface area contributed by atoms with Crippen molar-refractivity contribution < 1.29 is 9.28 Å². The fraction of sp³-hybridized carbons (Fsp3) is 0.562. The number of nitrogens with zero attached hydrogens (tertiary/aromatic N) is 1. The summed E-state index contributed by atoms with van der Waals surface area (Å²) in [5, 5.41) is 0. The summed E-state index contributed by atoms with van der Waals surface area (Å²) in [5.74, 6) is 0. The molecule has 0 aromatic heterocycles. The van der Waals surface area contributed by atoms with Crippen molar-refractivity contribution in [2.45, 2.75) is 38.1 Å². The Morgan fingerprint density at radius 2 is 1.72 bits per heavy atom. The second-order valence-corrected chi connectivity index (χ2v) is 6.16. The molecule has 0 bridgehead atoms. The molecule has 0 amide bonds. The lowest BCUT2D eigenvalue weighted by molar-refractivity contribution is -0.935. The molecule has 0 radical (unpaired) electrons. The first-order valence-corrected chi connectivity index (χ1v) is 6.88. The van der Waals surface area contributed by atoms with Crippen LogP contribution in [0.25, 0.3) is 0 Å². The average Bonchev–Trinajstić information content (AvgIpc) is 2.41. The summed E-state index contributed by atoms with van der Waals surface area (Å²) in [4.78, 5) is 11.7. The van der Waals surface area contributed by atoms with E-state index < -0.39 is 0 Å². The van der Waals surface area contributed by atoms with Crippen molar-refractivity contribution in [3.63, 3.8) is 0 Å². The van der Waals surface area contributed by atoms with Crippen molar-refractivity contribution in [2.75, 3.05) is 20.1 Å². The Kier molecular flexibility index (Phi) is 3.58. The predicted molar refractivity (Wildman–Crippen MR) is 74.5 cm³/mol. The number of aldehydes is 1. The second kappa shape index (κ2) is 4.85. The second-order valence-electron chi connectivity index (χ2n) is 6.16. The summed E-state index contributed by atoms with van der Waals surface area (Å²) in [6.45, 7) is 6.73. The Labute approximate surface area is 110 Å². The van der Waals surface area contributed by atoms with Crippen molar-refractivity contribution in [3.05, 3.63) is 35.9 Å². The highest BCUT2D eigenvalue weighted by Gasteiger charge is 2.42. The molecular weight excluding hydrogens is 222 g/mol. The largest absolute Gasteiger partial charge is 0.324 e. The van der Waals surface area contributed by atoms with Gasteiger partial charge in [0.1, 0.15) is 6.29 Å². The van der Waals surface area contributed by atoms with Gasteiger partial charge in [-0.15, -0.1) is 0 Å². The molecule has 2 nitrogen and oxygen atoms in total. The number of quaternary nitrogens is 1. The highest BCUT2D eigenvalue weighted by molar-refractivity contribution is 5.68. The Hall–Kier alpha value is -1.15. The van der Waals surface area contributed by atoms with Crippen LogP contribution in [0.4, 0.5) is 0 Å². The first kappa shape index (κ1) is 13.3. The maximum absolute atomic E-state index is 11.7. The van der Waals surface area contributed by atoms with E-state index in [0.717, 1.165) is 30.4 Å². The molecule has 0 saturated carbocycles. The van der Waals surface area contributed by atoms with Crippen LogP contribution in [0.1, 0.15) is 32.3 Å². The van der Waals surface area contributed by atoms with Crippen molar-refractivity contribution >= 4 is 6.29 Å². The molecule has 0 unspecified atom stereocenters. The molecule has 2 heteroatoms. The number of rotatable bonds is 3. The van der Waals surface area contributed by atoms with Gasteiger partial charge in [0.15, 0.2) is 0 Å². The summed E-state index contributed by atoms with van der Waals surface area (Å²) in [5.41, 5.74) is 0.948. The molecule has 0 aliphatic carbocycles. The summed E-state index contributed by atoms with van der Waals surface area (Å²) < 4.78 is 1.09. The summed E-state index contributed by atoms with van der Waals surface area (Å²) >= 11 is 0. The molecule has 0 atom stereocenters. The molecule has 1 aromatic carbocycles. The fourth-order valence-electron chi connectivity index (χ4n) is 2.91. The van der Waals surface area contributed by atoms with E-state index in [-0.39, 0.29) is 5.41 Å². The third-order valence-electron chi connectivity index (χ3n) is 4.96. The van der Waals surface area contributed by atoms with Gasteiger partial charge in [-0.05, 0) is 19.4 Å². The van der Waals surface area contributed by atoms with E-state index >= 15 is 0 Å². The number of likely N-dealkylation sites (tertiary alicyclic amines) is 1. The van der Waals surface area contributed by atoms with E-state index in [1.54, 1.807) is 0 Å². The van der Waals surface area contributed by atoms with Crippen LogP contribution in [0.15, 0.2) is 30.3 Å². The van der Waals surface area contributed by atoms with E-state index in [9.17, 15) is 4.79 Å². The minimum Gasteiger partial charge on any atom is -0.324 e. The normalized spacial score (nSPS) is 32.4. The van der Waals surface area contributed by atoms with Crippen molar-refractivity contribution in [1.29, 1.82) is 0 Å². The smallest absolute Gasteiger partial charge is 0.130 e. The topological polar surface area (TPSA) is 17.1 Å². The van der Waals surface area contributed by atoms with Crippen LogP contribution in [0.5, 0.6) is 0 Å². The van der Waals surface area contributed by atoms with Crippen LogP contribution in [0.2, 0.25) is 0 Å². The Morgan fingerprint density at radius 1 is 1.17 bits per heavy atom. The number of carbonyl (C=O) groups is 1. The maximum Gasteiger partial charge on any atom is 0.130 e. The highest BCUT2D eigenvalue weighted by Crippen LogP contribution is 2.36. The molecule has 98 valence electrons. The molecule has 0 spiro atoms. The molecule has 18 heavy (non-hydrogen) atoms. The minimum atomic E-state index is -0.242. The Balaban J connectivity index is 2.22. The number of hydrogen-bond donors (Lipinski definition) is 0. The number of benzene rings is 1. The minimum absolute atomic E-state index is 0.242. The lowest BCUT2D eigenvalue weighted by Crippen LogP contribution is -2.57. The zero-order valence-electron chi connectivity index (χ0n) is 11.7. The fourth-order valence-corrected chi connectivity index (χ4v) is 2.91. The highest BCUT2D eigenvalue weighted by atomic mass is 16.1. The van der Waals surface area contributed by atoms with Gasteiger partial charge in [-0.2, -0.15) is 0 Å². The molecule has 1 fully saturated rings. The summed E-state index contributed by atoms with van der Waals surface area (Å²) in [7, 11) is 2.31. The van der Waals surface area contributed by atoms with Crippen LogP contribution in [0, 0.1) is 0 Å². The molecule has 1 saturated heterocycles. The molecule has 1 aliphatic heterocycles. The van der Waals surface area contributed by atoms with Gasteiger partial charge in [-0.3, -0.25) is 0 Å². The average molecular weight is 246 g/mol. The van der Waals surface area contributed by atoms with E-state index in [4.69, 9.17) is 0 Å². The maximum atomic E-state index is 11.7. The summed E-state index contributed by atoms with van der Waals surface area (Å²) in [6.07, 6.45) is 3.12. The zero-order valence-corrected chi connectivity index (χ0v) is 11.7. The number of piperidine rings is 1. The van der Waals surface area contributed by atoms with Gasteiger partial charge in [0.2, 0.25) is 0 Å². The molecule has 1 heterocycles.